The molecule has 122 valence electrons. The number of aromatic nitrogens is 2. The van der Waals surface area contributed by atoms with Crippen LogP contribution in [0.4, 0.5) is 5.69 Å². The van der Waals surface area contributed by atoms with Crippen LogP contribution in [0.1, 0.15) is 29.5 Å². The van der Waals surface area contributed by atoms with Gasteiger partial charge in [0.2, 0.25) is 0 Å². The molecule has 0 aliphatic rings. The second kappa shape index (κ2) is 6.37. The number of nitriles is 1. The monoisotopic (exact) mass is 318 g/mol. The van der Waals surface area contributed by atoms with E-state index >= 15 is 0 Å². The summed E-state index contributed by atoms with van der Waals surface area (Å²) in [4.78, 5) is 4.86. The molecular formula is C20H22N4. The van der Waals surface area contributed by atoms with Gasteiger partial charge in [-0.25, -0.2) is 4.98 Å². The highest BCUT2D eigenvalue weighted by molar-refractivity contribution is 5.82. The molecular weight excluding hydrogens is 296 g/mol. The van der Waals surface area contributed by atoms with Crippen molar-refractivity contribution in [3.63, 3.8) is 0 Å². The Morgan fingerprint density at radius 2 is 1.83 bits per heavy atom. The van der Waals surface area contributed by atoms with Gasteiger partial charge in [0.25, 0.3) is 0 Å². The minimum absolute atomic E-state index is 0.542. The predicted octanol–water partition coefficient (Wildman–Crippen LogP) is 4.51. The van der Waals surface area contributed by atoms with Gasteiger partial charge in [0.1, 0.15) is 5.82 Å². The molecule has 0 saturated carbocycles. The van der Waals surface area contributed by atoms with Crippen molar-refractivity contribution in [1.29, 1.82) is 5.26 Å². The normalized spacial score (nSPS) is 10.9. The third-order valence-corrected chi connectivity index (χ3v) is 4.57. The van der Waals surface area contributed by atoms with Gasteiger partial charge in [0.05, 0.1) is 17.1 Å². The van der Waals surface area contributed by atoms with E-state index in [4.69, 9.17) is 16.0 Å². The summed E-state index contributed by atoms with van der Waals surface area (Å²) in [5.41, 5.74) is 13.5. The standard InChI is InChI=1S/C20H22N4/c1-13-6-7-16(12-17(13)22)20-23-18-10-14(2)15(3)11-19(18)24(20)9-5-4-8-21/h6-7,10-12H,4-5,9,22H2,1-3H3. The first-order chi connectivity index (χ1) is 11.5. The summed E-state index contributed by atoms with van der Waals surface area (Å²) in [5, 5.41) is 8.85. The van der Waals surface area contributed by atoms with E-state index in [0.717, 1.165) is 46.6 Å². The van der Waals surface area contributed by atoms with Crippen LogP contribution >= 0.6 is 0 Å². The van der Waals surface area contributed by atoms with E-state index in [2.05, 4.69) is 42.7 Å². The lowest BCUT2D eigenvalue weighted by Crippen LogP contribution is -2.01. The fourth-order valence-electron chi connectivity index (χ4n) is 2.92. The van der Waals surface area contributed by atoms with Gasteiger partial charge in [-0.2, -0.15) is 5.26 Å². The Bertz CT molecular complexity index is 944. The summed E-state index contributed by atoms with van der Waals surface area (Å²) < 4.78 is 2.21. The van der Waals surface area contributed by atoms with E-state index in [1.165, 1.54) is 11.1 Å². The van der Waals surface area contributed by atoms with Crippen LogP contribution in [0.5, 0.6) is 0 Å². The van der Waals surface area contributed by atoms with Crippen LogP contribution in [0, 0.1) is 32.1 Å². The summed E-state index contributed by atoms with van der Waals surface area (Å²) in [7, 11) is 0. The van der Waals surface area contributed by atoms with Gasteiger partial charge in [-0.05, 0) is 62.1 Å². The van der Waals surface area contributed by atoms with Crippen molar-refractivity contribution in [3.8, 4) is 17.5 Å². The van der Waals surface area contributed by atoms with Gasteiger partial charge < -0.3 is 10.3 Å². The molecule has 4 nitrogen and oxygen atoms in total. The molecule has 0 fully saturated rings. The van der Waals surface area contributed by atoms with Crippen molar-refractivity contribution < 1.29 is 0 Å². The summed E-state index contributed by atoms with van der Waals surface area (Å²) in [6.45, 7) is 7.00. The Hall–Kier alpha value is -2.80. The zero-order chi connectivity index (χ0) is 17.3. The number of aryl methyl sites for hydroxylation is 4. The quantitative estimate of drug-likeness (QED) is 0.568. The number of unbranched alkanes of at least 4 members (excludes halogenated alkanes) is 1. The van der Waals surface area contributed by atoms with Crippen molar-refractivity contribution >= 4 is 16.7 Å². The minimum atomic E-state index is 0.542. The predicted molar refractivity (Wildman–Crippen MR) is 98.6 cm³/mol. The average Bonchev–Trinajstić information content (AvgIpc) is 2.89. The fourth-order valence-corrected chi connectivity index (χ4v) is 2.92. The lowest BCUT2D eigenvalue weighted by molar-refractivity contribution is 0.675. The van der Waals surface area contributed by atoms with Crippen LogP contribution in [0.3, 0.4) is 0 Å². The molecule has 1 heterocycles. The van der Waals surface area contributed by atoms with Gasteiger partial charge in [-0.1, -0.05) is 12.1 Å². The van der Waals surface area contributed by atoms with Crippen LogP contribution in [-0.4, -0.2) is 9.55 Å². The zero-order valence-electron chi connectivity index (χ0n) is 14.4. The number of nitrogens with zero attached hydrogens (tertiary/aromatic N) is 3. The molecule has 3 aromatic rings. The first-order valence-corrected chi connectivity index (χ1v) is 8.22. The molecule has 2 aromatic carbocycles. The van der Waals surface area contributed by atoms with E-state index in [9.17, 15) is 0 Å². The van der Waals surface area contributed by atoms with E-state index in [0.29, 0.717) is 6.42 Å². The Kier molecular flexibility index (Phi) is 4.26. The maximum Gasteiger partial charge on any atom is 0.141 e. The number of hydrogen-bond donors (Lipinski definition) is 1. The van der Waals surface area contributed by atoms with Crippen LogP contribution < -0.4 is 5.73 Å². The van der Waals surface area contributed by atoms with Crippen LogP contribution in [0.25, 0.3) is 22.4 Å². The Balaban J connectivity index is 2.19. The van der Waals surface area contributed by atoms with E-state index in [1.807, 2.05) is 19.1 Å². The Labute approximate surface area is 142 Å². The highest BCUT2D eigenvalue weighted by Gasteiger charge is 2.14. The first-order valence-electron chi connectivity index (χ1n) is 8.22. The average molecular weight is 318 g/mol. The summed E-state index contributed by atoms with van der Waals surface area (Å²) in [6, 6.07) is 12.6. The zero-order valence-corrected chi connectivity index (χ0v) is 14.4. The second-order valence-electron chi connectivity index (χ2n) is 6.35. The number of nitrogen functional groups attached to an aromatic ring is 1. The van der Waals surface area contributed by atoms with Gasteiger partial charge in [0, 0.05) is 24.2 Å². The topological polar surface area (TPSA) is 67.6 Å². The smallest absolute Gasteiger partial charge is 0.141 e. The summed E-state index contributed by atoms with van der Waals surface area (Å²) >= 11 is 0. The van der Waals surface area contributed by atoms with Crippen molar-refractivity contribution in [1.82, 2.24) is 9.55 Å². The number of benzene rings is 2. The molecule has 24 heavy (non-hydrogen) atoms. The van der Waals surface area contributed by atoms with E-state index in [1.54, 1.807) is 0 Å². The molecule has 0 atom stereocenters. The molecule has 0 unspecified atom stereocenters. The van der Waals surface area contributed by atoms with Gasteiger partial charge >= 0.3 is 0 Å². The molecule has 0 spiro atoms. The highest BCUT2D eigenvalue weighted by atomic mass is 15.1. The fraction of sp³-hybridized carbons (Fsp3) is 0.300. The molecule has 2 N–H and O–H groups in total. The molecule has 0 radical (unpaired) electrons. The molecule has 1 aromatic heterocycles. The summed E-state index contributed by atoms with van der Waals surface area (Å²) in [6.07, 6.45) is 1.35. The van der Waals surface area contributed by atoms with Gasteiger partial charge in [0.15, 0.2) is 0 Å². The van der Waals surface area contributed by atoms with Crippen molar-refractivity contribution in [2.24, 2.45) is 0 Å². The van der Waals surface area contributed by atoms with E-state index < -0.39 is 0 Å². The third-order valence-electron chi connectivity index (χ3n) is 4.57. The highest BCUT2D eigenvalue weighted by Crippen LogP contribution is 2.29. The molecule has 4 heteroatoms. The van der Waals surface area contributed by atoms with Crippen molar-refractivity contribution in [3.05, 3.63) is 47.0 Å². The largest absolute Gasteiger partial charge is 0.398 e. The molecule has 0 amide bonds. The molecule has 3 rings (SSSR count). The number of fused-ring (bicyclic) bond motifs is 1. The van der Waals surface area contributed by atoms with Crippen molar-refractivity contribution in [2.45, 2.75) is 40.2 Å². The maximum absolute atomic E-state index is 8.85. The Morgan fingerprint density at radius 1 is 1.08 bits per heavy atom. The molecule has 0 aliphatic carbocycles. The molecule has 0 bridgehead atoms. The van der Waals surface area contributed by atoms with E-state index in [-0.39, 0.29) is 0 Å². The number of anilines is 1. The lowest BCUT2D eigenvalue weighted by Gasteiger charge is -2.10. The van der Waals surface area contributed by atoms with Crippen LogP contribution in [0.15, 0.2) is 30.3 Å². The second-order valence-corrected chi connectivity index (χ2v) is 6.35. The number of imidazole rings is 1. The third kappa shape index (κ3) is 2.85. The summed E-state index contributed by atoms with van der Waals surface area (Å²) in [5.74, 6) is 0.916. The van der Waals surface area contributed by atoms with Crippen LogP contribution in [-0.2, 0) is 6.54 Å². The Morgan fingerprint density at radius 3 is 2.54 bits per heavy atom. The number of rotatable bonds is 4. The number of hydrogen-bond acceptors (Lipinski definition) is 3. The lowest BCUT2D eigenvalue weighted by atomic mass is 10.1. The van der Waals surface area contributed by atoms with Crippen molar-refractivity contribution in [2.75, 3.05) is 5.73 Å². The maximum atomic E-state index is 8.85. The molecule has 0 aliphatic heterocycles. The minimum Gasteiger partial charge on any atom is -0.398 e. The number of nitrogens with two attached hydrogens (primary N) is 1. The molecule has 0 saturated heterocycles. The first kappa shape index (κ1) is 16.1. The van der Waals surface area contributed by atoms with Gasteiger partial charge in [-0.3, -0.25) is 0 Å². The van der Waals surface area contributed by atoms with Gasteiger partial charge in [-0.15, -0.1) is 0 Å². The SMILES string of the molecule is Cc1cc2nc(-c3ccc(C)c(N)c3)n(CCCC#N)c2cc1C. The van der Waals surface area contributed by atoms with Crippen LogP contribution in [0.2, 0.25) is 0 Å².